The van der Waals surface area contributed by atoms with Gasteiger partial charge in [0, 0.05) is 5.92 Å². The highest BCUT2D eigenvalue weighted by Crippen LogP contribution is 2.28. The molecule has 0 radical (unpaired) electrons. The molecule has 0 amide bonds. The summed E-state index contributed by atoms with van der Waals surface area (Å²) in [6.07, 6.45) is 3.55. The maximum Gasteiger partial charge on any atom is 0.321 e. The van der Waals surface area contributed by atoms with E-state index in [4.69, 9.17) is 0 Å². The van der Waals surface area contributed by atoms with Gasteiger partial charge in [0.1, 0.15) is 0 Å². The molecular formula is C19H18O4. The summed E-state index contributed by atoms with van der Waals surface area (Å²) in [5.41, 5.74) is 1.68. The molecule has 0 aliphatic carbocycles. The summed E-state index contributed by atoms with van der Waals surface area (Å²) in [5, 5.41) is 9.47. The number of carboxylic acid groups (broad SMARTS) is 1. The number of methoxy groups -OCH3 is 1. The van der Waals surface area contributed by atoms with E-state index < -0.39 is 23.8 Å². The third kappa shape index (κ3) is 4.30. The minimum atomic E-state index is -1.29. The molecule has 0 spiro atoms. The number of aliphatic carboxylic acids is 1. The summed E-state index contributed by atoms with van der Waals surface area (Å²) in [6.45, 7) is 0. The molecule has 0 fully saturated rings. The van der Waals surface area contributed by atoms with Gasteiger partial charge in [-0.25, -0.2) is 0 Å². The van der Waals surface area contributed by atoms with Gasteiger partial charge in [0.25, 0.3) is 0 Å². The smallest absolute Gasteiger partial charge is 0.321 e. The molecule has 0 saturated carbocycles. The van der Waals surface area contributed by atoms with Crippen LogP contribution < -0.4 is 0 Å². The van der Waals surface area contributed by atoms with Crippen LogP contribution in [-0.4, -0.2) is 24.2 Å². The van der Waals surface area contributed by atoms with Gasteiger partial charge in [0.15, 0.2) is 5.92 Å². The molecule has 118 valence electrons. The molecule has 0 aromatic heterocycles. The van der Waals surface area contributed by atoms with Crippen molar-refractivity contribution in [2.75, 3.05) is 7.11 Å². The van der Waals surface area contributed by atoms with Crippen LogP contribution >= 0.6 is 0 Å². The zero-order valence-electron chi connectivity index (χ0n) is 12.8. The molecule has 0 aliphatic heterocycles. The number of hydrogen-bond acceptors (Lipinski definition) is 3. The first-order valence-corrected chi connectivity index (χ1v) is 7.22. The Hall–Kier alpha value is -2.88. The van der Waals surface area contributed by atoms with Crippen LogP contribution in [0.1, 0.15) is 17.0 Å². The van der Waals surface area contributed by atoms with Crippen LogP contribution in [0.5, 0.6) is 0 Å². The molecule has 2 aromatic rings. The topological polar surface area (TPSA) is 63.6 Å². The second-order valence-electron chi connectivity index (χ2n) is 5.05. The summed E-state index contributed by atoms with van der Waals surface area (Å²) in [6, 6.07) is 18.6. The molecular weight excluding hydrogens is 292 g/mol. The molecule has 1 N–H and O–H groups in total. The van der Waals surface area contributed by atoms with Gasteiger partial charge in [-0.2, -0.15) is 0 Å². The minimum absolute atomic E-state index is 0.610. The zero-order chi connectivity index (χ0) is 16.7. The van der Waals surface area contributed by atoms with Gasteiger partial charge in [0.2, 0.25) is 0 Å². The maximum atomic E-state index is 11.9. The van der Waals surface area contributed by atoms with Crippen molar-refractivity contribution in [2.45, 2.75) is 5.92 Å². The first kappa shape index (κ1) is 16.5. The van der Waals surface area contributed by atoms with Crippen LogP contribution in [0.4, 0.5) is 0 Å². The van der Waals surface area contributed by atoms with Crippen LogP contribution in [-0.2, 0) is 14.3 Å². The number of rotatable bonds is 6. The molecule has 0 saturated heterocycles. The quantitative estimate of drug-likeness (QED) is 0.656. The standard InChI is InChI=1S/C19H18O4/c1-23-19(22)17(18(20)21)16(15-10-6-3-7-11-15)13-12-14-8-4-2-5-9-14/h2-13,16-17H,1H3,(H,20,21)/t16?,17-/m0/s1. The van der Waals surface area contributed by atoms with E-state index in [2.05, 4.69) is 4.74 Å². The van der Waals surface area contributed by atoms with E-state index >= 15 is 0 Å². The number of allylic oxidation sites excluding steroid dienone is 1. The van der Waals surface area contributed by atoms with E-state index in [1.54, 1.807) is 18.2 Å². The van der Waals surface area contributed by atoms with Crippen LogP contribution in [0.25, 0.3) is 6.08 Å². The third-order valence-electron chi connectivity index (χ3n) is 3.56. The van der Waals surface area contributed by atoms with Crippen LogP contribution in [0.2, 0.25) is 0 Å². The van der Waals surface area contributed by atoms with Crippen LogP contribution in [0.3, 0.4) is 0 Å². The second kappa shape index (κ2) is 7.94. The maximum absolute atomic E-state index is 11.9. The zero-order valence-corrected chi connectivity index (χ0v) is 12.8. The lowest BCUT2D eigenvalue weighted by Crippen LogP contribution is -2.30. The number of carbonyl (C=O) groups is 2. The number of ether oxygens (including phenoxy) is 1. The van der Waals surface area contributed by atoms with Crippen molar-refractivity contribution in [1.29, 1.82) is 0 Å². The van der Waals surface area contributed by atoms with Gasteiger partial charge in [-0.1, -0.05) is 72.8 Å². The summed E-state index contributed by atoms with van der Waals surface area (Å²) in [4.78, 5) is 23.5. The second-order valence-corrected chi connectivity index (χ2v) is 5.05. The van der Waals surface area contributed by atoms with Gasteiger partial charge in [0.05, 0.1) is 7.11 Å². The van der Waals surface area contributed by atoms with Crippen molar-refractivity contribution in [3.8, 4) is 0 Å². The third-order valence-corrected chi connectivity index (χ3v) is 3.56. The number of hydrogen-bond donors (Lipinski definition) is 1. The van der Waals surface area contributed by atoms with E-state index in [9.17, 15) is 14.7 Å². The Morgan fingerprint density at radius 2 is 1.57 bits per heavy atom. The highest BCUT2D eigenvalue weighted by Gasteiger charge is 2.35. The first-order valence-electron chi connectivity index (χ1n) is 7.22. The Bertz CT molecular complexity index is 677. The summed E-state index contributed by atoms with van der Waals surface area (Å²) >= 11 is 0. The van der Waals surface area contributed by atoms with E-state index in [1.807, 2.05) is 54.6 Å². The average molecular weight is 310 g/mol. The number of esters is 1. The van der Waals surface area contributed by atoms with Crippen molar-refractivity contribution in [2.24, 2.45) is 5.92 Å². The molecule has 0 aliphatic rings. The molecule has 1 unspecified atom stereocenters. The van der Waals surface area contributed by atoms with Crippen LogP contribution in [0, 0.1) is 5.92 Å². The Morgan fingerprint density at radius 1 is 1.00 bits per heavy atom. The number of carboxylic acids is 1. The van der Waals surface area contributed by atoms with E-state index in [1.165, 1.54) is 7.11 Å². The summed E-state index contributed by atoms with van der Waals surface area (Å²) in [5.74, 6) is -3.86. The van der Waals surface area contributed by atoms with E-state index in [-0.39, 0.29) is 0 Å². The average Bonchev–Trinajstić information content (AvgIpc) is 2.59. The van der Waals surface area contributed by atoms with Gasteiger partial charge in [-0.05, 0) is 11.1 Å². The van der Waals surface area contributed by atoms with Gasteiger partial charge in [-0.15, -0.1) is 0 Å². The largest absolute Gasteiger partial charge is 0.481 e. The Morgan fingerprint density at radius 3 is 2.09 bits per heavy atom. The van der Waals surface area contributed by atoms with Crippen molar-refractivity contribution >= 4 is 18.0 Å². The highest BCUT2D eigenvalue weighted by molar-refractivity contribution is 5.95. The van der Waals surface area contributed by atoms with Gasteiger partial charge in [-0.3, -0.25) is 9.59 Å². The number of carbonyl (C=O) groups excluding carboxylic acids is 1. The van der Waals surface area contributed by atoms with Crippen molar-refractivity contribution in [1.82, 2.24) is 0 Å². The van der Waals surface area contributed by atoms with Crippen molar-refractivity contribution < 1.29 is 19.4 Å². The molecule has 2 rings (SSSR count). The summed E-state index contributed by atoms with van der Waals surface area (Å²) < 4.78 is 4.67. The van der Waals surface area contributed by atoms with Crippen LogP contribution in [0.15, 0.2) is 66.7 Å². The predicted octanol–water partition coefficient (Wildman–Crippen LogP) is 3.36. The number of benzene rings is 2. The molecule has 4 heteroatoms. The first-order chi connectivity index (χ1) is 11.1. The van der Waals surface area contributed by atoms with Crippen molar-refractivity contribution in [3.63, 3.8) is 0 Å². The lowest BCUT2D eigenvalue weighted by atomic mass is 9.85. The van der Waals surface area contributed by atoms with E-state index in [0.717, 1.165) is 11.1 Å². The lowest BCUT2D eigenvalue weighted by molar-refractivity contribution is -0.157. The van der Waals surface area contributed by atoms with Crippen molar-refractivity contribution in [3.05, 3.63) is 77.9 Å². The normalized spacial score (nSPS) is 13.4. The van der Waals surface area contributed by atoms with Gasteiger partial charge >= 0.3 is 11.9 Å². The molecule has 0 bridgehead atoms. The SMILES string of the molecule is COC(=O)[C@H](C(=O)O)C(C=Cc1ccccc1)c1ccccc1. The lowest BCUT2D eigenvalue weighted by Gasteiger charge is -2.19. The Labute approximate surface area is 135 Å². The fourth-order valence-corrected chi connectivity index (χ4v) is 2.40. The molecule has 2 atom stereocenters. The van der Waals surface area contributed by atoms with Gasteiger partial charge < -0.3 is 9.84 Å². The minimum Gasteiger partial charge on any atom is -0.481 e. The fourth-order valence-electron chi connectivity index (χ4n) is 2.40. The Balaban J connectivity index is 2.41. The molecule has 4 nitrogen and oxygen atoms in total. The predicted molar refractivity (Wildman–Crippen MR) is 87.8 cm³/mol. The fraction of sp³-hybridized carbons (Fsp3) is 0.158. The molecule has 2 aromatic carbocycles. The summed E-state index contributed by atoms with van der Waals surface area (Å²) in [7, 11) is 1.20. The highest BCUT2D eigenvalue weighted by atomic mass is 16.5. The van der Waals surface area contributed by atoms with E-state index in [0.29, 0.717) is 0 Å². The Kier molecular flexibility index (Phi) is 5.69. The monoisotopic (exact) mass is 310 g/mol. The molecule has 23 heavy (non-hydrogen) atoms. The molecule has 0 heterocycles.